The first-order valence-electron chi connectivity index (χ1n) is 6.18. The summed E-state index contributed by atoms with van der Waals surface area (Å²) in [6.07, 6.45) is 11.9. The first-order valence-corrected chi connectivity index (χ1v) is 6.18. The summed E-state index contributed by atoms with van der Waals surface area (Å²) in [5.74, 6) is 1.76. The van der Waals surface area contributed by atoms with Crippen LogP contribution in [0, 0.1) is 5.92 Å². The molecule has 88 valence electrons. The van der Waals surface area contributed by atoms with Gasteiger partial charge >= 0.3 is 0 Å². The van der Waals surface area contributed by atoms with E-state index in [0.29, 0.717) is 6.04 Å². The smallest absolute Gasteiger partial charge is 0.0940 e. The van der Waals surface area contributed by atoms with Crippen LogP contribution in [-0.2, 0) is 0 Å². The van der Waals surface area contributed by atoms with E-state index in [-0.39, 0.29) is 12.4 Å². The van der Waals surface area contributed by atoms with Gasteiger partial charge in [0.1, 0.15) is 0 Å². The van der Waals surface area contributed by atoms with Gasteiger partial charge in [-0.15, -0.1) is 12.4 Å². The topological polar surface area (TPSA) is 38.4 Å². The predicted octanol–water partition coefficient (Wildman–Crippen LogP) is 3.29. The predicted molar refractivity (Wildman–Crippen MR) is 67.7 cm³/mol. The highest BCUT2D eigenvalue weighted by Gasteiger charge is 2.24. The molecule has 2 nitrogen and oxygen atoms in total. The molecule has 3 heteroatoms. The van der Waals surface area contributed by atoms with Crippen LogP contribution in [0.1, 0.15) is 57.8 Å². The quantitative estimate of drug-likeness (QED) is 0.738. The molecule has 2 aliphatic rings. The standard InChI is InChI=1S/C12H22N2.ClH/c13-12-9-5-4-8-11(14-12)10-6-2-1-3-7-10;/h10-11H,1-9H2,(H2,13,14);1H. The van der Waals surface area contributed by atoms with Crippen molar-refractivity contribution in [1.82, 2.24) is 0 Å². The number of hydrogen-bond donors (Lipinski definition) is 1. The zero-order chi connectivity index (χ0) is 9.80. The Balaban J connectivity index is 0.00000112. The van der Waals surface area contributed by atoms with E-state index in [9.17, 15) is 0 Å². The lowest BCUT2D eigenvalue weighted by Crippen LogP contribution is -2.23. The Morgan fingerprint density at radius 1 is 0.933 bits per heavy atom. The molecule has 1 atom stereocenters. The largest absolute Gasteiger partial charge is 0.387 e. The summed E-state index contributed by atoms with van der Waals surface area (Å²) >= 11 is 0. The third kappa shape index (κ3) is 3.67. The number of rotatable bonds is 1. The second-order valence-corrected chi connectivity index (χ2v) is 4.83. The lowest BCUT2D eigenvalue weighted by atomic mass is 9.82. The van der Waals surface area contributed by atoms with E-state index < -0.39 is 0 Å². The summed E-state index contributed by atoms with van der Waals surface area (Å²) in [5, 5.41) is 0. The van der Waals surface area contributed by atoms with E-state index in [4.69, 9.17) is 10.7 Å². The van der Waals surface area contributed by atoms with Crippen molar-refractivity contribution in [3.05, 3.63) is 0 Å². The number of nitrogens with zero attached hydrogens (tertiary/aromatic N) is 1. The third-order valence-electron chi connectivity index (χ3n) is 3.71. The highest BCUT2D eigenvalue weighted by molar-refractivity contribution is 5.85. The van der Waals surface area contributed by atoms with Crippen molar-refractivity contribution in [3.63, 3.8) is 0 Å². The molecule has 1 heterocycles. The fraction of sp³-hybridized carbons (Fsp3) is 0.917. The van der Waals surface area contributed by atoms with Gasteiger partial charge in [0.2, 0.25) is 0 Å². The summed E-state index contributed by atoms with van der Waals surface area (Å²) < 4.78 is 0. The van der Waals surface area contributed by atoms with E-state index in [2.05, 4.69) is 0 Å². The maximum Gasteiger partial charge on any atom is 0.0940 e. The Bertz CT molecular complexity index is 210. The third-order valence-corrected chi connectivity index (χ3v) is 3.71. The molecule has 1 aliphatic heterocycles. The molecule has 15 heavy (non-hydrogen) atoms. The Morgan fingerprint density at radius 2 is 1.60 bits per heavy atom. The van der Waals surface area contributed by atoms with Gasteiger partial charge in [-0.05, 0) is 31.6 Å². The van der Waals surface area contributed by atoms with Crippen LogP contribution in [0.25, 0.3) is 0 Å². The van der Waals surface area contributed by atoms with Gasteiger partial charge in [-0.1, -0.05) is 25.7 Å². The summed E-state index contributed by atoms with van der Waals surface area (Å²) in [7, 11) is 0. The summed E-state index contributed by atoms with van der Waals surface area (Å²) in [4.78, 5) is 4.69. The highest BCUT2D eigenvalue weighted by Crippen LogP contribution is 2.31. The number of amidine groups is 1. The van der Waals surface area contributed by atoms with E-state index >= 15 is 0 Å². The van der Waals surface area contributed by atoms with Crippen LogP contribution >= 0.6 is 12.4 Å². The van der Waals surface area contributed by atoms with Crippen molar-refractivity contribution >= 4 is 18.2 Å². The van der Waals surface area contributed by atoms with E-state index in [1.54, 1.807) is 0 Å². The van der Waals surface area contributed by atoms with Crippen molar-refractivity contribution < 1.29 is 0 Å². The van der Waals surface area contributed by atoms with Gasteiger partial charge in [0.25, 0.3) is 0 Å². The molecule has 1 saturated carbocycles. The van der Waals surface area contributed by atoms with Crippen LogP contribution in [0.3, 0.4) is 0 Å². The van der Waals surface area contributed by atoms with E-state index in [0.717, 1.165) is 18.2 Å². The number of aliphatic imine (C=N–C) groups is 1. The molecular formula is C12H23ClN2. The molecule has 0 aromatic carbocycles. The average molecular weight is 231 g/mol. The molecule has 0 amide bonds. The Kier molecular flexibility index (Phi) is 5.44. The molecule has 0 aromatic rings. The Hall–Kier alpha value is -0.240. The lowest BCUT2D eigenvalue weighted by Gasteiger charge is -2.27. The molecule has 0 saturated heterocycles. The minimum absolute atomic E-state index is 0. The summed E-state index contributed by atoms with van der Waals surface area (Å²) in [5.41, 5.74) is 5.88. The number of halogens is 1. The van der Waals surface area contributed by atoms with Crippen LogP contribution in [0.2, 0.25) is 0 Å². The summed E-state index contributed by atoms with van der Waals surface area (Å²) in [6.45, 7) is 0. The molecule has 2 N–H and O–H groups in total. The molecule has 0 radical (unpaired) electrons. The zero-order valence-electron chi connectivity index (χ0n) is 9.45. The van der Waals surface area contributed by atoms with Gasteiger partial charge in [0.05, 0.1) is 11.9 Å². The number of nitrogens with two attached hydrogens (primary N) is 1. The van der Waals surface area contributed by atoms with Gasteiger partial charge in [0.15, 0.2) is 0 Å². The fourth-order valence-electron chi connectivity index (χ4n) is 2.86. The van der Waals surface area contributed by atoms with E-state index in [1.165, 1.54) is 51.4 Å². The van der Waals surface area contributed by atoms with Gasteiger partial charge in [-0.2, -0.15) is 0 Å². The Labute approximate surface area is 99.1 Å². The average Bonchev–Trinajstić information content (AvgIpc) is 2.44. The molecule has 0 aromatic heterocycles. The van der Waals surface area contributed by atoms with Gasteiger partial charge in [0, 0.05) is 6.42 Å². The Morgan fingerprint density at radius 3 is 2.33 bits per heavy atom. The molecule has 0 spiro atoms. The molecular weight excluding hydrogens is 208 g/mol. The van der Waals surface area contributed by atoms with Crippen molar-refractivity contribution in [2.75, 3.05) is 0 Å². The van der Waals surface area contributed by atoms with Crippen LogP contribution in [-0.4, -0.2) is 11.9 Å². The monoisotopic (exact) mass is 230 g/mol. The molecule has 2 rings (SSSR count). The van der Waals surface area contributed by atoms with Crippen molar-refractivity contribution in [1.29, 1.82) is 0 Å². The van der Waals surface area contributed by atoms with Crippen LogP contribution in [0.4, 0.5) is 0 Å². The second kappa shape index (κ2) is 6.37. The van der Waals surface area contributed by atoms with Crippen LogP contribution < -0.4 is 5.73 Å². The molecule has 0 bridgehead atoms. The number of hydrogen-bond acceptors (Lipinski definition) is 2. The first-order chi connectivity index (χ1) is 6.86. The first kappa shape index (κ1) is 12.8. The van der Waals surface area contributed by atoms with Crippen molar-refractivity contribution in [3.8, 4) is 0 Å². The normalized spacial score (nSPS) is 28.8. The maximum absolute atomic E-state index is 5.88. The minimum atomic E-state index is 0. The lowest BCUT2D eigenvalue weighted by molar-refractivity contribution is 0.295. The highest BCUT2D eigenvalue weighted by atomic mass is 35.5. The van der Waals surface area contributed by atoms with Gasteiger partial charge < -0.3 is 5.73 Å². The molecule has 1 unspecified atom stereocenters. The fourth-order valence-corrected chi connectivity index (χ4v) is 2.86. The van der Waals surface area contributed by atoms with Crippen molar-refractivity contribution in [2.24, 2.45) is 16.6 Å². The van der Waals surface area contributed by atoms with E-state index in [1.807, 2.05) is 0 Å². The van der Waals surface area contributed by atoms with Crippen LogP contribution in [0.15, 0.2) is 4.99 Å². The maximum atomic E-state index is 5.88. The SMILES string of the molecule is Cl.NC1=NC(C2CCCCC2)CCCC1. The van der Waals surface area contributed by atoms with Gasteiger partial charge in [-0.3, -0.25) is 4.99 Å². The second-order valence-electron chi connectivity index (χ2n) is 4.83. The van der Waals surface area contributed by atoms with Crippen LogP contribution in [0.5, 0.6) is 0 Å². The zero-order valence-corrected chi connectivity index (χ0v) is 10.3. The van der Waals surface area contributed by atoms with Gasteiger partial charge in [-0.25, -0.2) is 0 Å². The van der Waals surface area contributed by atoms with Crippen molar-refractivity contribution in [2.45, 2.75) is 63.8 Å². The summed E-state index contributed by atoms with van der Waals surface area (Å²) in [6, 6.07) is 0.567. The molecule has 1 fully saturated rings. The molecule has 1 aliphatic carbocycles. The minimum Gasteiger partial charge on any atom is -0.387 e.